The van der Waals surface area contributed by atoms with Crippen LogP contribution in [0.3, 0.4) is 0 Å². The van der Waals surface area contributed by atoms with E-state index < -0.39 is 0 Å². The Hall–Kier alpha value is -1.27. The Bertz CT molecular complexity index is 518. The third kappa shape index (κ3) is 2.12. The van der Waals surface area contributed by atoms with Crippen LogP contribution in [-0.4, -0.2) is 15.6 Å². The molecule has 2 aromatic heterocycles. The van der Waals surface area contributed by atoms with Gasteiger partial charge >= 0.3 is 0 Å². The van der Waals surface area contributed by atoms with Gasteiger partial charge in [-0.3, -0.25) is 0 Å². The number of aromatic nitrogens is 1. The summed E-state index contributed by atoms with van der Waals surface area (Å²) in [6.45, 7) is 0.705. The highest BCUT2D eigenvalue weighted by Gasteiger charge is 2.08. The molecule has 0 bridgehead atoms. The number of hydrogen-bond donors (Lipinski definition) is 2. The van der Waals surface area contributed by atoms with E-state index in [9.17, 15) is 0 Å². The smallest absolute Gasteiger partial charge is 0.186 e. The van der Waals surface area contributed by atoms with Crippen LogP contribution in [0.4, 0.5) is 0 Å². The molecule has 16 heavy (non-hydrogen) atoms. The molecule has 0 saturated heterocycles. The summed E-state index contributed by atoms with van der Waals surface area (Å²) < 4.78 is 3.02. The molecule has 84 valence electrons. The van der Waals surface area contributed by atoms with Gasteiger partial charge in [0.2, 0.25) is 0 Å². The van der Waals surface area contributed by atoms with Crippen LogP contribution in [0, 0.1) is 0 Å². The molecule has 3 N–H and O–H groups in total. The van der Waals surface area contributed by atoms with Crippen molar-refractivity contribution in [2.75, 3.05) is 0 Å². The topological polar surface area (TPSA) is 63.5 Å². The molecule has 0 aliphatic heterocycles. The molecule has 4 nitrogen and oxygen atoms in total. The molecule has 0 amide bonds. The lowest BCUT2D eigenvalue weighted by atomic mass is 10.4. The van der Waals surface area contributed by atoms with Gasteiger partial charge in [0, 0.05) is 15.5 Å². The minimum absolute atomic E-state index is 0.123. The van der Waals surface area contributed by atoms with Gasteiger partial charge in [-0.2, -0.15) is 0 Å². The van der Waals surface area contributed by atoms with Crippen molar-refractivity contribution >= 4 is 33.1 Å². The maximum absolute atomic E-state index is 8.65. The lowest BCUT2D eigenvalue weighted by Gasteiger charge is -2.06. The Labute approximate surface area is 105 Å². The molecule has 0 aliphatic carbocycles. The Morgan fingerprint density at radius 1 is 1.56 bits per heavy atom. The summed E-state index contributed by atoms with van der Waals surface area (Å²) >= 11 is 5.14. The number of hydrogen-bond acceptors (Lipinski definition) is 3. The summed E-state index contributed by atoms with van der Waals surface area (Å²) in [5.74, 6) is 0.123. The van der Waals surface area contributed by atoms with E-state index in [1.807, 2.05) is 34.3 Å². The molecule has 6 heteroatoms. The molecule has 2 heterocycles. The van der Waals surface area contributed by atoms with E-state index in [0.717, 1.165) is 4.47 Å². The summed E-state index contributed by atoms with van der Waals surface area (Å²) in [5.41, 5.74) is 6.29. The van der Waals surface area contributed by atoms with Crippen LogP contribution in [0.1, 0.15) is 10.6 Å². The Morgan fingerprint density at radius 3 is 3.00 bits per heavy atom. The first-order chi connectivity index (χ1) is 7.72. The van der Waals surface area contributed by atoms with Crippen molar-refractivity contribution in [3.8, 4) is 0 Å². The largest absolute Gasteiger partial charge is 0.409 e. The quantitative estimate of drug-likeness (QED) is 0.396. The first kappa shape index (κ1) is 11.2. The maximum atomic E-state index is 8.65. The highest BCUT2D eigenvalue weighted by Crippen LogP contribution is 2.24. The molecule has 0 aliphatic rings. The lowest BCUT2D eigenvalue weighted by Crippen LogP contribution is -2.18. The van der Waals surface area contributed by atoms with Crippen LogP contribution < -0.4 is 5.73 Å². The Kier molecular flexibility index (Phi) is 3.31. The van der Waals surface area contributed by atoms with Crippen molar-refractivity contribution < 1.29 is 5.21 Å². The van der Waals surface area contributed by atoms with E-state index in [4.69, 9.17) is 10.9 Å². The summed E-state index contributed by atoms with van der Waals surface area (Å²) in [6.07, 6.45) is 1.90. The van der Waals surface area contributed by atoms with E-state index in [0.29, 0.717) is 12.2 Å². The van der Waals surface area contributed by atoms with Crippen LogP contribution in [0.2, 0.25) is 0 Å². The molecule has 2 aromatic rings. The van der Waals surface area contributed by atoms with Crippen molar-refractivity contribution in [2.45, 2.75) is 6.54 Å². The van der Waals surface area contributed by atoms with Gasteiger partial charge in [-0.15, -0.1) is 11.3 Å². The number of halogens is 1. The van der Waals surface area contributed by atoms with E-state index in [1.165, 1.54) is 4.88 Å². The van der Waals surface area contributed by atoms with E-state index >= 15 is 0 Å². The molecule has 0 unspecified atom stereocenters. The molecular weight excluding hydrogens is 290 g/mol. The van der Waals surface area contributed by atoms with Crippen LogP contribution in [0.5, 0.6) is 0 Å². The van der Waals surface area contributed by atoms with Gasteiger partial charge in [-0.05, 0) is 39.5 Å². The van der Waals surface area contributed by atoms with Gasteiger partial charge in [-0.25, -0.2) is 0 Å². The number of nitrogens with two attached hydrogens (primary N) is 1. The fourth-order valence-electron chi connectivity index (χ4n) is 1.43. The van der Waals surface area contributed by atoms with Gasteiger partial charge in [0.25, 0.3) is 0 Å². The van der Waals surface area contributed by atoms with Gasteiger partial charge < -0.3 is 15.5 Å². The van der Waals surface area contributed by atoms with E-state index in [1.54, 1.807) is 11.3 Å². The standard InChI is InChI=1S/C10H10BrN3OS/c11-7-3-5-16-9(7)6-14-4-1-2-8(14)10(12)13-15/h1-5,15H,6H2,(H2,12,13). The van der Waals surface area contributed by atoms with E-state index in [2.05, 4.69) is 21.1 Å². The molecule has 0 radical (unpaired) electrons. The first-order valence-corrected chi connectivity index (χ1v) is 6.24. The molecule has 0 saturated carbocycles. The Balaban J connectivity index is 2.29. The third-order valence-electron chi connectivity index (χ3n) is 2.20. The number of nitrogens with zero attached hydrogens (tertiary/aromatic N) is 2. The van der Waals surface area contributed by atoms with Crippen LogP contribution in [-0.2, 0) is 6.54 Å². The second-order valence-corrected chi connectivity index (χ2v) is 5.05. The van der Waals surface area contributed by atoms with Crippen LogP contribution >= 0.6 is 27.3 Å². The van der Waals surface area contributed by atoms with Crippen LogP contribution in [0.25, 0.3) is 0 Å². The fourth-order valence-corrected chi connectivity index (χ4v) is 2.90. The first-order valence-electron chi connectivity index (χ1n) is 4.57. The van der Waals surface area contributed by atoms with E-state index in [-0.39, 0.29) is 5.84 Å². The summed E-state index contributed by atoms with van der Waals surface area (Å²) in [7, 11) is 0. The average molecular weight is 300 g/mol. The Morgan fingerprint density at radius 2 is 2.38 bits per heavy atom. The molecule has 0 fully saturated rings. The van der Waals surface area contributed by atoms with Crippen molar-refractivity contribution in [2.24, 2.45) is 10.9 Å². The lowest BCUT2D eigenvalue weighted by molar-refractivity contribution is 0.318. The minimum atomic E-state index is 0.123. The molecule has 0 aromatic carbocycles. The van der Waals surface area contributed by atoms with Gasteiger partial charge in [0.15, 0.2) is 5.84 Å². The van der Waals surface area contributed by atoms with Crippen molar-refractivity contribution in [1.82, 2.24) is 4.57 Å². The summed E-state index contributed by atoms with van der Waals surface area (Å²) in [5, 5.41) is 13.7. The number of rotatable bonds is 3. The van der Waals surface area contributed by atoms with Crippen molar-refractivity contribution in [3.05, 3.63) is 44.8 Å². The number of thiophene rings is 1. The zero-order valence-corrected chi connectivity index (χ0v) is 10.7. The third-order valence-corrected chi connectivity index (χ3v) is 4.12. The highest BCUT2D eigenvalue weighted by atomic mass is 79.9. The number of amidine groups is 1. The highest BCUT2D eigenvalue weighted by molar-refractivity contribution is 9.10. The van der Waals surface area contributed by atoms with Gasteiger partial charge in [-0.1, -0.05) is 5.16 Å². The molecular formula is C10H10BrN3OS. The monoisotopic (exact) mass is 299 g/mol. The van der Waals surface area contributed by atoms with Crippen LogP contribution in [0.15, 0.2) is 39.4 Å². The second-order valence-electron chi connectivity index (χ2n) is 3.20. The molecule has 0 spiro atoms. The average Bonchev–Trinajstić information content (AvgIpc) is 2.88. The SMILES string of the molecule is N/C(=N/O)c1cccn1Cc1sccc1Br. The zero-order valence-electron chi connectivity index (χ0n) is 8.30. The normalized spacial score (nSPS) is 11.9. The van der Waals surface area contributed by atoms with Crippen molar-refractivity contribution in [1.29, 1.82) is 0 Å². The summed E-state index contributed by atoms with van der Waals surface area (Å²) in [4.78, 5) is 1.20. The minimum Gasteiger partial charge on any atom is -0.409 e. The predicted octanol–water partition coefficient (Wildman–Crippen LogP) is 2.45. The maximum Gasteiger partial charge on any atom is 0.186 e. The second kappa shape index (κ2) is 4.71. The van der Waals surface area contributed by atoms with Crippen molar-refractivity contribution in [3.63, 3.8) is 0 Å². The fraction of sp³-hybridized carbons (Fsp3) is 0.100. The number of oxime groups is 1. The van der Waals surface area contributed by atoms with Gasteiger partial charge in [0.1, 0.15) is 0 Å². The summed E-state index contributed by atoms with van der Waals surface area (Å²) in [6, 6.07) is 5.69. The molecule has 0 atom stereocenters. The zero-order chi connectivity index (χ0) is 11.5. The predicted molar refractivity (Wildman–Crippen MR) is 68.1 cm³/mol. The van der Waals surface area contributed by atoms with Gasteiger partial charge in [0.05, 0.1) is 12.2 Å². The molecule has 2 rings (SSSR count).